The first-order valence-electron chi connectivity index (χ1n) is 5.32. The lowest BCUT2D eigenvalue weighted by molar-refractivity contribution is -0.138. The van der Waals surface area contributed by atoms with Crippen molar-refractivity contribution in [3.05, 3.63) is 0 Å². The van der Waals surface area contributed by atoms with E-state index in [1.54, 1.807) is 7.05 Å². The van der Waals surface area contributed by atoms with Crippen LogP contribution in [0.1, 0.15) is 13.3 Å². The van der Waals surface area contributed by atoms with Gasteiger partial charge in [-0.15, -0.1) is 0 Å². The number of nitrogens with one attached hydrogen (secondary N) is 1. The van der Waals surface area contributed by atoms with Crippen LogP contribution >= 0.6 is 0 Å². The summed E-state index contributed by atoms with van der Waals surface area (Å²) in [4.78, 5) is 24.1. The predicted octanol–water partition coefficient (Wildman–Crippen LogP) is -1.14. The van der Waals surface area contributed by atoms with Crippen molar-refractivity contribution in [2.45, 2.75) is 19.4 Å². The van der Waals surface area contributed by atoms with E-state index in [0.717, 1.165) is 6.42 Å². The van der Waals surface area contributed by atoms with Gasteiger partial charge in [-0.25, -0.2) is 0 Å². The molecule has 1 rings (SSSR count). The average Bonchev–Trinajstić information content (AvgIpc) is 2.60. The standard InChI is InChI=1S/C10H19N3O3/c1-10(9(16)12-2)3-4-13(6-10)5-7(11)8(14)15/h7H,3-6,11H2,1-2H3,(H,12,16)(H,14,15). The van der Waals surface area contributed by atoms with Gasteiger partial charge in [-0.05, 0) is 19.9 Å². The van der Waals surface area contributed by atoms with Crippen molar-refractivity contribution in [2.24, 2.45) is 11.1 Å². The van der Waals surface area contributed by atoms with Crippen LogP contribution in [0.25, 0.3) is 0 Å². The Bertz CT molecular complexity index is 295. The molecule has 1 heterocycles. The van der Waals surface area contributed by atoms with E-state index in [4.69, 9.17) is 10.8 Å². The molecule has 1 fully saturated rings. The van der Waals surface area contributed by atoms with Crippen molar-refractivity contribution in [3.63, 3.8) is 0 Å². The average molecular weight is 229 g/mol. The highest BCUT2D eigenvalue weighted by atomic mass is 16.4. The highest BCUT2D eigenvalue weighted by molar-refractivity contribution is 5.82. The van der Waals surface area contributed by atoms with Gasteiger partial charge in [-0.3, -0.25) is 9.59 Å². The Labute approximate surface area is 94.8 Å². The van der Waals surface area contributed by atoms with Crippen LogP contribution in [0.3, 0.4) is 0 Å². The summed E-state index contributed by atoms with van der Waals surface area (Å²) in [6.45, 7) is 3.46. The first-order valence-corrected chi connectivity index (χ1v) is 5.32. The summed E-state index contributed by atoms with van der Waals surface area (Å²) in [6.07, 6.45) is 0.735. The topological polar surface area (TPSA) is 95.7 Å². The minimum absolute atomic E-state index is 0.00102. The van der Waals surface area contributed by atoms with Gasteiger partial charge in [0.2, 0.25) is 5.91 Å². The third-order valence-corrected chi connectivity index (χ3v) is 3.10. The number of aliphatic carboxylic acids is 1. The summed E-state index contributed by atoms with van der Waals surface area (Å²) in [5.41, 5.74) is 5.03. The van der Waals surface area contributed by atoms with Crippen LogP contribution in [0.2, 0.25) is 0 Å². The van der Waals surface area contributed by atoms with Crippen molar-refractivity contribution >= 4 is 11.9 Å². The van der Waals surface area contributed by atoms with Crippen LogP contribution in [0.5, 0.6) is 0 Å². The van der Waals surface area contributed by atoms with Crippen molar-refractivity contribution < 1.29 is 14.7 Å². The van der Waals surface area contributed by atoms with E-state index < -0.39 is 17.4 Å². The number of hydrogen-bond donors (Lipinski definition) is 3. The van der Waals surface area contributed by atoms with Gasteiger partial charge in [-0.1, -0.05) is 0 Å². The Balaban J connectivity index is 2.52. The monoisotopic (exact) mass is 229 g/mol. The molecule has 0 radical (unpaired) electrons. The maximum atomic E-state index is 11.6. The zero-order valence-electron chi connectivity index (χ0n) is 9.69. The summed E-state index contributed by atoms with van der Waals surface area (Å²) < 4.78 is 0. The van der Waals surface area contributed by atoms with Gasteiger partial charge in [0.15, 0.2) is 0 Å². The van der Waals surface area contributed by atoms with Crippen molar-refractivity contribution in [1.29, 1.82) is 0 Å². The maximum Gasteiger partial charge on any atom is 0.321 e. The van der Waals surface area contributed by atoms with E-state index in [1.807, 2.05) is 11.8 Å². The Kier molecular flexibility index (Phi) is 3.88. The lowest BCUT2D eigenvalue weighted by Crippen LogP contribution is -2.44. The molecule has 0 aromatic rings. The van der Waals surface area contributed by atoms with Crippen molar-refractivity contribution in [3.8, 4) is 0 Å². The Morgan fingerprint density at radius 1 is 1.62 bits per heavy atom. The van der Waals surface area contributed by atoms with E-state index in [2.05, 4.69) is 5.32 Å². The van der Waals surface area contributed by atoms with Gasteiger partial charge in [0.1, 0.15) is 6.04 Å². The fraction of sp³-hybridized carbons (Fsp3) is 0.800. The number of nitrogens with two attached hydrogens (primary N) is 1. The second kappa shape index (κ2) is 4.80. The molecule has 6 nitrogen and oxygen atoms in total. The lowest BCUT2D eigenvalue weighted by Gasteiger charge is -2.23. The molecule has 0 aromatic carbocycles. The zero-order valence-corrected chi connectivity index (χ0v) is 9.69. The number of carboxylic acids is 1. The van der Waals surface area contributed by atoms with Gasteiger partial charge < -0.3 is 21.1 Å². The molecule has 2 atom stereocenters. The molecule has 0 saturated carbocycles. The number of hydrogen-bond acceptors (Lipinski definition) is 4. The normalized spacial score (nSPS) is 27.7. The molecule has 0 aliphatic carbocycles. The molecule has 1 amide bonds. The third kappa shape index (κ3) is 2.70. The molecule has 16 heavy (non-hydrogen) atoms. The first kappa shape index (κ1) is 12.9. The molecule has 6 heteroatoms. The first-order chi connectivity index (χ1) is 7.39. The Morgan fingerprint density at radius 3 is 2.75 bits per heavy atom. The summed E-state index contributed by atoms with van der Waals surface area (Å²) in [5, 5.41) is 11.3. The quantitative estimate of drug-likeness (QED) is 0.566. The van der Waals surface area contributed by atoms with Crippen LogP contribution in [-0.4, -0.2) is 54.6 Å². The Morgan fingerprint density at radius 2 is 2.25 bits per heavy atom. The maximum absolute atomic E-state index is 11.6. The summed E-state index contributed by atoms with van der Waals surface area (Å²) in [5.74, 6) is -1.01. The lowest BCUT2D eigenvalue weighted by atomic mass is 9.89. The molecule has 4 N–H and O–H groups in total. The molecular formula is C10H19N3O3. The smallest absolute Gasteiger partial charge is 0.321 e. The second-order valence-electron chi connectivity index (χ2n) is 4.57. The molecule has 1 aliphatic heterocycles. The van der Waals surface area contributed by atoms with Gasteiger partial charge in [0, 0.05) is 20.1 Å². The molecular weight excluding hydrogens is 210 g/mol. The molecule has 92 valence electrons. The number of rotatable bonds is 4. The van der Waals surface area contributed by atoms with Crippen LogP contribution in [-0.2, 0) is 9.59 Å². The summed E-state index contributed by atoms with van der Waals surface area (Å²) in [6, 6.07) is -0.882. The number of carbonyl (C=O) groups excluding carboxylic acids is 1. The fourth-order valence-corrected chi connectivity index (χ4v) is 2.06. The minimum atomic E-state index is -1.01. The van der Waals surface area contributed by atoms with Crippen molar-refractivity contribution in [1.82, 2.24) is 10.2 Å². The number of amides is 1. The van der Waals surface area contributed by atoms with Crippen molar-refractivity contribution in [2.75, 3.05) is 26.7 Å². The van der Waals surface area contributed by atoms with Gasteiger partial charge in [-0.2, -0.15) is 0 Å². The van der Waals surface area contributed by atoms with E-state index in [1.165, 1.54) is 0 Å². The number of likely N-dealkylation sites (tertiary alicyclic amines) is 1. The van der Waals surface area contributed by atoms with Crippen LogP contribution in [0.15, 0.2) is 0 Å². The Hall–Kier alpha value is -1.14. The molecule has 2 unspecified atom stereocenters. The third-order valence-electron chi connectivity index (χ3n) is 3.10. The summed E-state index contributed by atoms with van der Waals surface area (Å²) in [7, 11) is 1.61. The molecule has 1 aliphatic rings. The van der Waals surface area contributed by atoms with Gasteiger partial charge in [0.05, 0.1) is 5.41 Å². The largest absolute Gasteiger partial charge is 0.480 e. The van der Waals surface area contributed by atoms with Crippen LogP contribution < -0.4 is 11.1 Å². The van der Waals surface area contributed by atoms with E-state index in [0.29, 0.717) is 19.6 Å². The number of nitrogens with zero attached hydrogens (tertiary/aromatic N) is 1. The number of carbonyl (C=O) groups is 2. The highest BCUT2D eigenvalue weighted by Gasteiger charge is 2.40. The van der Waals surface area contributed by atoms with Crippen LogP contribution in [0.4, 0.5) is 0 Å². The molecule has 1 saturated heterocycles. The minimum Gasteiger partial charge on any atom is -0.480 e. The summed E-state index contributed by atoms with van der Waals surface area (Å²) >= 11 is 0. The SMILES string of the molecule is CNC(=O)C1(C)CCN(CC(N)C(=O)O)C1. The molecule has 0 bridgehead atoms. The number of carboxylic acid groups (broad SMARTS) is 1. The highest BCUT2D eigenvalue weighted by Crippen LogP contribution is 2.29. The molecule has 0 spiro atoms. The zero-order chi connectivity index (χ0) is 12.3. The predicted molar refractivity (Wildman–Crippen MR) is 58.8 cm³/mol. The van der Waals surface area contributed by atoms with Crippen LogP contribution in [0, 0.1) is 5.41 Å². The fourth-order valence-electron chi connectivity index (χ4n) is 2.06. The second-order valence-corrected chi connectivity index (χ2v) is 4.57. The molecule has 0 aromatic heterocycles. The van der Waals surface area contributed by atoms with Gasteiger partial charge in [0.25, 0.3) is 0 Å². The van der Waals surface area contributed by atoms with E-state index >= 15 is 0 Å². The van der Waals surface area contributed by atoms with Gasteiger partial charge >= 0.3 is 5.97 Å². The van der Waals surface area contributed by atoms with E-state index in [-0.39, 0.29) is 5.91 Å². The van der Waals surface area contributed by atoms with E-state index in [9.17, 15) is 9.59 Å².